The van der Waals surface area contributed by atoms with E-state index in [1.54, 1.807) is 11.3 Å². The highest BCUT2D eigenvalue weighted by atomic mass is 32.1. The molecule has 0 saturated heterocycles. The average molecular weight is 335 g/mol. The second-order valence-electron chi connectivity index (χ2n) is 6.59. The molecule has 5 nitrogen and oxygen atoms in total. The highest BCUT2D eigenvalue weighted by Crippen LogP contribution is 2.26. The Labute approximate surface area is 141 Å². The lowest BCUT2D eigenvalue weighted by Gasteiger charge is -2.31. The molecule has 0 radical (unpaired) electrons. The molecule has 0 aliphatic heterocycles. The molecule has 1 amide bonds. The van der Waals surface area contributed by atoms with Gasteiger partial charge in [0.2, 0.25) is 11.8 Å². The van der Waals surface area contributed by atoms with Crippen LogP contribution >= 0.6 is 11.3 Å². The van der Waals surface area contributed by atoms with Crippen molar-refractivity contribution in [1.29, 1.82) is 0 Å². The summed E-state index contributed by atoms with van der Waals surface area (Å²) in [4.78, 5) is 17.8. The minimum absolute atomic E-state index is 0.0762. The largest absolute Gasteiger partial charge is 0.440 e. The summed E-state index contributed by atoms with van der Waals surface area (Å²) in [7, 11) is 0. The maximum Gasteiger partial charge on any atom is 0.236 e. The number of rotatable bonds is 7. The summed E-state index contributed by atoms with van der Waals surface area (Å²) < 4.78 is 5.68. The molecule has 2 aromatic rings. The standard InChI is InChI=1S/C17H25N3O2S/c1-11(2)9-17(4,10-18)20-15(21)8-13-12(3)22-16(19-13)14-6-5-7-23-14/h5-7,11H,8-10,18H2,1-4H3,(H,20,21). The molecule has 2 rings (SSSR count). The number of hydrogen-bond donors (Lipinski definition) is 2. The van der Waals surface area contributed by atoms with Gasteiger partial charge in [-0.1, -0.05) is 19.9 Å². The predicted molar refractivity (Wildman–Crippen MR) is 93.3 cm³/mol. The number of aromatic nitrogens is 1. The predicted octanol–water partition coefficient (Wildman–Crippen LogP) is 3.13. The Morgan fingerprint density at radius 2 is 2.26 bits per heavy atom. The summed E-state index contributed by atoms with van der Waals surface area (Å²) in [6, 6.07) is 3.90. The molecule has 0 saturated carbocycles. The lowest BCUT2D eigenvalue weighted by atomic mass is 9.90. The molecular formula is C17H25N3O2S. The molecular weight excluding hydrogens is 310 g/mol. The number of oxazole rings is 1. The van der Waals surface area contributed by atoms with Gasteiger partial charge in [-0.15, -0.1) is 11.3 Å². The zero-order chi connectivity index (χ0) is 17.0. The Morgan fingerprint density at radius 3 is 2.83 bits per heavy atom. The number of hydrogen-bond acceptors (Lipinski definition) is 5. The van der Waals surface area contributed by atoms with E-state index in [1.165, 1.54) is 0 Å². The third-order valence-electron chi connectivity index (χ3n) is 3.70. The van der Waals surface area contributed by atoms with E-state index in [0.29, 0.717) is 29.8 Å². The van der Waals surface area contributed by atoms with Gasteiger partial charge in [-0.2, -0.15) is 0 Å². The van der Waals surface area contributed by atoms with Crippen LogP contribution < -0.4 is 11.1 Å². The number of aryl methyl sites for hydroxylation is 1. The summed E-state index contributed by atoms with van der Waals surface area (Å²) in [5, 5.41) is 5.02. The van der Waals surface area contributed by atoms with Crippen molar-refractivity contribution in [2.24, 2.45) is 11.7 Å². The molecule has 0 aliphatic carbocycles. The van der Waals surface area contributed by atoms with Crippen LogP contribution in [0.25, 0.3) is 10.8 Å². The lowest BCUT2D eigenvalue weighted by Crippen LogP contribution is -2.52. The molecule has 2 aromatic heterocycles. The van der Waals surface area contributed by atoms with E-state index in [0.717, 1.165) is 11.3 Å². The minimum atomic E-state index is -0.389. The molecule has 0 aliphatic rings. The molecule has 126 valence electrons. The van der Waals surface area contributed by atoms with E-state index in [1.807, 2.05) is 31.4 Å². The Hall–Kier alpha value is -1.66. The third-order valence-corrected chi connectivity index (χ3v) is 4.56. The topological polar surface area (TPSA) is 81.2 Å². The fourth-order valence-electron chi connectivity index (χ4n) is 2.72. The molecule has 1 unspecified atom stereocenters. The number of nitrogens with one attached hydrogen (secondary N) is 1. The van der Waals surface area contributed by atoms with Crippen LogP contribution in [-0.4, -0.2) is 23.0 Å². The molecule has 0 spiro atoms. The SMILES string of the molecule is Cc1oc(-c2cccs2)nc1CC(=O)NC(C)(CN)CC(C)C. The van der Waals surface area contributed by atoms with Crippen LogP contribution in [0.2, 0.25) is 0 Å². The number of amides is 1. The van der Waals surface area contributed by atoms with E-state index in [4.69, 9.17) is 10.2 Å². The second-order valence-corrected chi connectivity index (χ2v) is 7.53. The van der Waals surface area contributed by atoms with Crippen LogP contribution in [0.1, 0.15) is 38.6 Å². The van der Waals surface area contributed by atoms with Crippen LogP contribution in [0.4, 0.5) is 0 Å². The van der Waals surface area contributed by atoms with E-state index >= 15 is 0 Å². The zero-order valence-corrected chi connectivity index (χ0v) is 15.0. The van der Waals surface area contributed by atoms with Crippen molar-refractivity contribution in [1.82, 2.24) is 10.3 Å². The van der Waals surface area contributed by atoms with Gasteiger partial charge in [0.25, 0.3) is 0 Å². The first-order chi connectivity index (χ1) is 10.8. The summed E-state index contributed by atoms with van der Waals surface area (Å²) in [6.45, 7) is 8.47. The average Bonchev–Trinajstić information content (AvgIpc) is 3.08. The first kappa shape index (κ1) is 17.7. The second kappa shape index (κ2) is 7.27. The highest BCUT2D eigenvalue weighted by Gasteiger charge is 2.26. The molecule has 2 heterocycles. The molecule has 0 fully saturated rings. The fourth-order valence-corrected chi connectivity index (χ4v) is 3.37. The van der Waals surface area contributed by atoms with E-state index < -0.39 is 0 Å². The molecule has 3 N–H and O–H groups in total. The number of carbonyl (C=O) groups is 1. The van der Waals surface area contributed by atoms with E-state index in [2.05, 4.69) is 24.1 Å². The van der Waals surface area contributed by atoms with Crippen molar-refractivity contribution >= 4 is 17.2 Å². The number of nitrogens with zero attached hydrogens (tertiary/aromatic N) is 1. The number of thiophene rings is 1. The maximum atomic E-state index is 12.4. The van der Waals surface area contributed by atoms with Crippen molar-refractivity contribution in [3.8, 4) is 10.8 Å². The summed E-state index contributed by atoms with van der Waals surface area (Å²) in [6.07, 6.45) is 1.04. The van der Waals surface area contributed by atoms with Crippen LogP contribution in [0.3, 0.4) is 0 Å². The molecule has 6 heteroatoms. The van der Waals surface area contributed by atoms with Gasteiger partial charge in [-0.05, 0) is 37.6 Å². The number of carbonyl (C=O) groups excluding carboxylic acids is 1. The van der Waals surface area contributed by atoms with Crippen molar-refractivity contribution < 1.29 is 9.21 Å². The Balaban J connectivity index is 2.05. The molecule has 23 heavy (non-hydrogen) atoms. The van der Waals surface area contributed by atoms with Gasteiger partial charge in [0.05, 0.1) is 17.0 Å². The first-order valence-electron chi connectivity index (χ1n) is 7.84. The monoisotopic (exact) mass is 335 g/mol. The van der Waals surface area contributed by atoms with Crippen LogP contribution in [0, 0.1) is 12.8 Å². The summed E-state index contributed by atoms with van der Waals surface area (Å²) >= 11 is 1.56. The quantitative estimate of drug-likeness (QED) is 0.814. The molecule has 0 bridgehead atoms. The van der Waals surface area contributed by atoms with Gasteiger partial charge in [-0.3, -0.25) is 4.79 Å². The Morgan fingerprint density at radius 1 is 1.52 bits per heavy atom. The van der Waals surface area contributed by atoms with Gasteiger partial charge < -0.3 is 15.5 Å². The summed E-state index contributed by atoms with van der Waals surface area (Å²) in [5.41, 5.74) is 6.13. The Bertz CT molecular complexity index is 649. The highest BCUT2D eigenvalue weighted by molar-refractivity contribution is 7.13. The van der Waals surface area contributed by atoms with Gasteiger partial charge in [0.15, 0.2) is 0 Å². The van der Waals surface area contributed by atoms with E-state index in [9.17, 15) is 4.79 Å². The smallest absolute Gasteiger partial charge is 0.236 e. The van der Waals surface area contributed by atoms with Crippen molar-refractivity contribution in [3.63, 3.8) is 0 Å². The molecule has 1 atom stereocenters. The van der Waals surface area contributed by atoms with Gasteiger partial charge in [-0.25, -0.2) is 4.98 Å². The number of nitrogens with two attached hydrogens (primary N) is 1. The van der Waals surface area contributed by atoms with Gasteiger partial charge in [0, 0.05) is 12.1 Å². The third kappa shape index (κ3) is 4.65. The molecule has 0 aromatic carbocycles. The normalized spacial score (nSPS) is 14.0. The lowest BCUT2D eigenvalue weighted by molar-refractivity contribution is -0.122. The fraction of sp³-hybridized carbons (Fsp3) is 0.529. The van der Waals surface area contributed by atoms with Crippen LogP contribution in [0.5, 0.6) is 0 Å². The van der Waals surface area contributed by atoms with E-state index in [-0.39, 0.29) is 17.9 Å². The van der Waals surface area contributed by atoms with Gasteiger partial charge in [0.1, 0.15) is 5.76 Å². The van der Waals surface area contributed by atoms with Crippen LogP contribution in [0.15, 0.2) is 21.9 Å². The van der Waals surface area contributed by atoms with Gasteiger partial charge >= 0.3 is 0 Å². The Kier molecular flexibility index (Phi) is 5.59. The maximum absolute atomic E-state index is 12.4. The minimum Gasteiger partial charge on any atom is -0.440 e. The van der Waals surface area contributed by atoms with Crippen molar-refractivity contribution in [3.05, 3.63) is 29.0 Å². The van der Waals surface area contributed by atoms with Crippen molar-refractivity contribution in [2.75, 3.05) is 6.54 Å². The van der Waals surface area contributed by atoms with Crippen molar-refractivity contribution in [2.45, 2.75) is 46.1 Å². The summed E-state index contributed by atoms with van der Waals surface area (Å²) in [5.74, 6) is 1.64. The zero-order valence-electron chi connectivity index (χ0n) is 14.2. The first-order valence-corrected chi connectivity index (χ1v) is 8.72. The van der Waals surface area contributed by atoms with Crippen LogP contribution in [-0.2, 0) is 11.2 Å².